The Bertz CT molecular complexity index is 69.6. The average Bonchev–Trinajstić information content (AvgIpc) is 1.25. The van der Waals surface area contributed by atoms with Crippen LogP contribution in [0.5, 0.6) is 0 Å². The molecular weight excluding hydrogens is 201 g/mol. The predicted molar refractivity (Wildman–Crippen MR) is 14.4 cm³/mol. The van der Waals surface area contributed by atoms with E-state index in [0.717, 1.165) is 0 Å². The van der Waals surface area contributed by atoms with E-state index in [2.05, 4.69) is 0 Å². The first kappa shape index (κ1) is 22.9. The Labute approximate surface area is 68.0 Å². The van der Waals surface area contributed by atoms with Gasteiger partial charge in [0.15, 0.2) is 0 Å². The zero-order valence-electron chi connectivity index (χ0n) is 4.66. The van der Waals surface area contributed by atoms with Crippen LogP contribution < -0.4 is 20.4 Å². The van der Waals surface area contributed by atoms with Crippen molar-refractivity contribution in [2.45, 2.75) is 0 Å². The summed E-state index contributed by atoms with van der Waals surface area (Å²) in [6.07, 6.45) is -4.67. The number of carbonyl (C=O) groups excluding carboxylic acids is 2. The van der Waals surface area contributed by atoms with Gasteiger partial charge in [-0.05, 0) is 12.3 Å². The average molecular weight is 203 g/mol. The number of hydrogen-bond acceptors (Lipinski definition) is 6. The van der Waals surface area contributed by atoms with Gasteiger partial charge in [0, 0.05) is 0 Å². The zero-order valence-corrected chi connectivity index (χ0v) is 7.62. The minimum Gasteiger partial charge on any atom is -0.652 e. The molecule has 0 atom stereocenters. The van der Waals surface area contributed by atoms with Gasteiger partial charge in [0.05, 0.1) is 0 Å². The summed E-state index contributed by atoms with van der Waals surface area (Å²) in [5.74, 6) is 0. The maximum absolute atomic E-state index is 8.33. The van der Waals surface area contributed by atoms with E-state index >= 15 is 0 Å². The van der Waals surface area contributed by atoms with Crippen LogP contribution in [0.25, 0.3) is 0 Å². The van der Waals surface area contributed by atoms with Gasteiger partial charge in [-0.3, -0.25) is 0 Å². The molecule has 7 nitrogen and oxygen atoms in total. The number of hydrogen-bond donors (Lipinski definition) is 0. The molecule has 0 spiro atoms. The normalized spacial score (nSPS) is 4.80. The first-order valence-electron chi connectivity index (χ1n) is 1.22. The van der Waals surface area contributed by atoms with E-state index in [-0.39, 0.29) is 25.0 Å². The Morgan fingerprint density at radius 1 is 0.800 bits per heavy atom. The van der Waals surface area contributed by atoms with E-state index in [9.17, 15) is 0 Å². The van der Waals surface area contributed by atoms with E-state index < -0.39 is 12.3 Å². The molecule has 0 fully saturated rings. The monoisotopic (exact) mass is 202 g/mol. The van der Waals surface area contributed by atoms with Gasteiger partial charge in [0.2, 0.25) is 0 Å². The van der Waals surface area contributed by atoms with Gasteiger partial charge < -0.3 is 35.5 Å². The first-order chi connectivity index (χ1) is 3.46. The van der Waals surface area contributed by atoms with Gasteiger partial charge in [0.25, 0.3) is 0 Å². The Hall–Kier alpha value is -0.877. The number of carbonyl (C=O) groups is 2. The molecule has 0 amide bonds. The molecule has 0 rings (SSSR count). The van der Waals surface area contributed by atoms with Gasteiger partial charge >= 0.3 is 19.5 Å². The van der Waals surface area contributed by atoms with Gasteiger partial charge in [-0.2, -0.15) is 0 Å². The van der Waals surface area contributed by atoms with Gasteiger partial charge in [0.1, 0.15) is 0 Å². The van der Waals surface area contributed by atoms with Crippen molar-refractivity contribution >= 4 is 12.3 Å². The Kier molecular flexibility index (Phi) is 36.0. The second-order valence-corrected chi connectivity index (χ2v) is 0.500. The standard InChI is InChI=1S/2CH2O3.H2O.Zn/c2*2-1(3)4;;/h2*(H2,2,3,4);1H2;/q;;;+2/p-4. The van der Waals surface area contributed by atoms with E-state index in [0.29, 0.717) is 0 Å². The van der Waals surface area contributed by atoms with Crippen molar-refractivity contribution in [3.8, 4) is 0 Å². The van der Waals surface area contributed by atoms with Crippen LogP contribution in [0, 0.1) is 0 Å². The molecule has 10 heavy (non-hydrogen) atoms. The summed E-state index contributed by atoms with van der Waals surface area (Å²) in [6.45, 7) is 0. The molecule has 8 heteroatoms. The fourth-order valence-corrected chi connectivity index (χ4v) is 0. The largest absolute Gasteiger partial charge is 2.00 e. The number of carboxylic acid groups (broad SMARTS) is 4. The summed E-state index contributed by atoms with van der Waals surface area (Å²) in [4.78, 5) is 16.7. The maximum Gasteiger partial charge on any atom is 2.00 e. The van der Waals surface area contributed by atoms with E-state index in [1.165, 1.54) is 0 Å². The molecular formula is C2H2O7Zn-2. The SMILES string of the molecule is O.O=C([O-])[O-].O=C([O-])[O-].[Zn+2]. The van der Waals surface area contributed by atoms with Crippen molar-refractivity contribution in [3.63, 3.8) is 0 Å². The van der Waals surface area contributed by atoms with Crippen molar-refractivity contribution in [2.75, 3.05) is 0 Å². The van der Waals surface area contributed by atoms with Gasteiger partial charge in [-0.1, -0.05) is 0 Å². The van der Waals surface area contributed by atoms with Gasteiger partial charge in [-0.25, -0.2) is 0 Å². The summed E-state index contributed by atoms with van der Waals surface area (Å²) in [7, 11) is 0. The maximum atomic E-state index is 8.33. The third-order valence-corrected chi connectivity index (χ3v) is 0. The van der Waals surface area contributed by atoms with Crippen LogP contribution in [0.4, 0.5) is 9.59 Å². The molecule has 0 aromatic heterocycles. The van der Waals surface area contributed by atoms with E-state index in [1.54, 1.807) is 0 Å². The summed E-state index contributed by atoms with van der Waals surface area (Å²) in [6, 6.07) is 0. The van der Waals surface area contributed by atoms with Crippen LogP contribution in [0.2, 0.25) is 0 Å². The molecule has 0 radical (unpaired) electrons. The van der Waals surface area contributed by atoms with Crippen molar-refractivity contribution in [1.29, 1.82) is 0 Å². The van der Waals surface area contributed by atoms with Crippen molar-refractivity contribution in [1.82, 2.24) is 0 Å². The summed E-state index contributed by atoms with van der Waals surface area (Å²) in [5, 5.41) is 33.3. The van der Waals surface area contributed by atoms with Crippen LogP contribution in [0.1, 0.15) is 0 Å². The Morgan fingerprint density at radius 3 is 0.800 bits per heavy atom. The van der Waals surface area contributed by atoms with Crippen molar-refractivity contribution in [3.05, 3.63) is 0 Å². The topological polar surface area (TPSA) is 158 Å². The summed E-state index contributed by atoms with van der Waals surface area (Å²) < 4.78 is 0. The molecule has 0 saturated carbocycles. The Morgan fingerprint density at radius 2 is 0.800 bits per heavy atom. The van der Waals surface area contributed by atoms with Crippen LogP contribution >= 0.6 is 0 Å². The molecule has 2 N–H and O–H groups in total. The van der Waals surface area contributed by atoms with Crippen LogP contribution in [0.15, 0.2) is 0 Å². The number of rotatable bonds is 0. The molecule has 0 heterocycles. The van der Waals surface area contributed by atoms with Gasteiger partial charge in [-0.15, -0.1) is 0 Å². The third-order valence-electron chi connectivity index (χ3n) is 0. The summed E-state index contributed by atoms with van der Waals surface area (Å²) >= 11 is 0. The van der Waals surface area contributed by atoms with Crippen LogP contribution in [-0.4, -0.2) is 17.8 Å². The molecule has 0 bridgehead atoms. The smallest absolute Gasteiger partial charge is 0.652 e. The molecule has 0 aliphatic rings. The first-order valence-corrected chi connectivity index (χ1v) is 1.22. The predicted octanol–water partition coefficient (Wildman–Crippen LogP) is -5.72. The molecule has 56 valence electrons. The molecule has 0 aliphatic carbocycles. The zero-order chi connectivity index (χ0) is 7.15. The molecule has 0 aromatic carbocycles. The fraction of sp³-hybridized carbons (Fsp3) is 0. The Balaban J connectivity index is -0.0000000300. The van der Waals surface area contributed by atoms with E-state index in [4.69, 9.17) is 30.0 Å². The second kappa shape index (κ2) is 15.7. The van der Waals surface area contributed by atoms with Crippen LogP contribution in [-0.2, 0) is 19.5 Å². The minimum absolute atomic E-state index is 0. The molecule has 0 aliphatic heterocycles. The third kappa shape index (κ3) is 348. The second-order valence-electron chi connectivity index (χ2n) is 0.500. The van der Waals surface area contributed by atoms with E-state index in [1.807, 2.05) is 0 Å². The van der Waals surface area contributed by atoms with Crippen LogP contribution in [0.3, 0.4) is 0 Å². The van der Waals surface area contributed by atoms with Crippen molar-refractivity contribution < 1.29 is 55.0 Å². The van der Waals surface area contributed by atoms with Crippen molar-refractivity contribution in [2.24, 2.45) is 0 Å². The quantitative estimate of drug-likeness (QED) is 0.357. The molecule has 0 unspecified atom stereocenters. The molecule has 0 saturated heterocycles. The fourth-order valence-electron chi connectivity index (χ4n) is 0. The molecule has 0 aromatic rings. The minimum atomic E-state index is -2.33. The summed E-state index contributed by atoms with van der Waals surface area (Å²) in [5.41, 5.74) is 0.